The summed E-state index contributed by atoms with van der Waals surface area (Å²) in [5, 5.41) is 4.06. The van der Waals surface area contributed by atoms with Gasteiger partial charge in [-0.2, -0.15) is 0 Å². The molecule has 1 aliphatic rings. The number of carbonyl (C=O) groups is 1. The summed E-state index contributed by atoms with van der Waals surface area (Å²) in [7, 11) is -1.85. The summed E-state index contributed by atoms with van der Waals surface area (Å²) in [6.07, 6.45) is 4.16. The Kier molecular flexibility index (Phi) is 3.28. The molecule has 0 saturated carbocycles. The van der Waals surface area contributed by atoms with Crippen LogP contribution in [0.25, 0.3) is 0 Å². The smallest absolute Gasteiger partial charge is 0.358 e. The average molecular weight is 269 g/mol. The molecule has 1 aromatic rings. The average Bonchev–Trinajstić information content (AvgIpc) is 2.68. The Bertz CT molecular complexity index is 580. The number of nitrogens with zero attached hydrogens (tertiary/aromatic N) is 2. The second-order valence-electron chi connectivity index (χ2n) is 3.69. The Hall–Kier alpha value is -1.96. The van der Waals surface area contributed by atoms with E-state index in [-0.39, 0.29) is 17.5 Å². The summed E-state index contributed by atoms with van der Waals surface area (Å²) in [5.41, 5.74) is 0.0950. The maximum absolute atomic E-state index is 11.2. The van der Waals surface area contributed by atoms with E-state index in [9.17, 15) is 13.2 Å². The van der Waals surface area contributed by atoms with Crippen molar-refractivity contribution >= 4 is 21.6 Å². The first-order chi connectivity index (χ1) is 8.50. The Morgan fingerprint density at radius 3 is 2.72 bits per heavy atom. The van der Waals surface area contributed by atoms with E-state index in [1.165, 1.54) is 24.9 Å². The molecule has 0 fully saturated rings. The fourth-order valence-electron chi connectivity index (χ4n) is 1.47. The van der Waals surface area contributed by atoms with Crippen LogP contribution in [0.5, 0.6) is 0 Å². The van der Waals surface area contributed by atoms with E-state index < -0.39 is 15.8 Å². The van der Waals surface area contributed by atoms with Crippen LogP contribution in [-0.4, -0.2) is 43.3 Å². The molecule has 2 heterocycles. The fraction of sp³-hybridized carbons (Fsp3) is 0.300. The van der Waals surface area contributed by atoms with E-state index in [0.717, 1.165) is 0 Å². The molecular weight excluding hydrogens is 258 g/mol. The highest BCUT2D eigenvalue weighted by Gasteiger charge is 2.21. The molecule has 8 heteroatoms. The van der Waals surface area contributed by atoms with Crippen LogP contribution in [0.4, 0.5) is 5.82 Å². The van der Waals surface area contributed by atoms with Gasteiger partial charge in [0.2, 0.25) is 0 Å². The van der Waals surface area contributed by atoms with Crippen LogP contribution < -0.4 is 5.32 Å². The largest absolute Gasteiger partial charge is 0.464 e. The molecule has 1 unspecified atom stereocenters. The Morgan fingerprint density at radius 1 is 1.44 bits per heavy atom. The van der Waals surface area contributed by atoms with Crippen molar-refractivity contribution in [2.24, 2.45) is 0 Å². The van der Waals surface area contributed by atoms with Crippen molar-refractivity contribution in [3.05, 3.63) is 29.6 Å². The summed E-state index contributed by atoms with van der Waals surface area (Å²) in [6.45, 7) is 0. The number of ether oxygens (including phenoxy) is 1. The van der Waals surface area contributed by atoms with Gasteiger partial charge in [-0.25, -0.2) is 23.2 Å². The maximum atomic E-state index is 11.2. The minimum absolute atomic E-state index is 0.00651. The highest BCUT2D eigenvalue weighted by molar-refractivity contribution is 7.94. The van der Waals surface area contributed by atoms with E-state index >= 15 is 0 Å². The van der Waals surface area contributed by atoms with Gasteiger partial charge in [-0.05, 0) is 6.08 Å². The van der Waals surface area contributed by atoms with Crippen LogP contribution in [-0.2, 0) is 14.6 Å². The third-order valence-corrected chi connectivity index (χ3v) is 3.71. The van der Waals surface area contributed by atoms with Gasteiger partial charge < -0.3 is 10.1 Å². The number of esters is 1. The normalized spacial score (nSPS) is 20.6. The first-order valence-corrected chi connectivity index (χ1v) is 6.79. The monoisotopic (exact) mass is 269 g/mol. The van der Waals surface area contributed by atoms with E-state index in [1.54, 1.807) is 6.08 Å². The summed E-state index contributed by atoms with van der Waals surface area (Å²) in [6, 6.07) is -0.326. The van der Waals surface area contributed by atoms with Crippen LogP contribution in [0.15, 0.2) is 23.9 Å². The first kappa shape index (κ1) is 12.5. The van der Waals surface area contributed by atoms with Gasteiger partial charge in [-0.15, -0.1) is 0 Å². The van der Waals surface area contributed by atoms with Gasteiger partial charge in [0.05, 0.1) is 31.3 Å². The molecule has 0 radical (unpaired) electrons. The minimum Gasteiger partial charge on any atom is -0.464 e. The molecule has 0 aliphatic carbocycles. The lowest BCUT2D eigenvalue weighted by Crippen LogP contribution is -2.21. The highest BCUT2D eigenvalue weighted by atomic mass is 32.2. The van der Waals surface area contributed by atoms with Crippen molar-refractivity contribution in [2.75, 3.05) is 18.2 Å². The van der Waals surface area contributed by atoms with Crippen molar-refractivity contribution in [1.82, 2.24) is 9.97 Å². The molecule has 96 valence electrons. The molecule has 1 atom stereocenters. The zero-order valence-electron chi connectivity index (χ0n) is 9.53. The molecular formula is C10H11N3O4S. The van der Waals surface area contributed by atoms with Gasteiger partial charge in [-0.1, -0.05) is 0 Å². The third kappa shape index (κ3) is 2.83. The van der Waals surface area contributed by atoms with Crippen molar-refractivity contribution in [3.8, 4) is 0 Å². The molecule has 1 N–H and O–H groups in total. The van der Waals surface area contributed by atoms with E-state index in [1.807, 2.05) is 0 Å². The van der Waals surface area contributed by atoms with Crippen LogP contribution in [0, 0.1) is 0 Å². The standard InChI is InChI=1S/C10H11N3O4S/c1-17-10(14)8-4-12-9(5-11-8)13-7-2-3-18(15,16)6-7/h2-5,7H,6H2,1H3,(H,12,13). The van der Waals surface area contributed by atoms with Crippen LogP contribution in [0.2, 0.25) is 0 Å². The van der Waals surface area contributed by atoms with Crippen molar-refractivity contribution in [1.29, 1.82) is 0 Å². The Morgan fingerprint density at radius 2 is 2.22 bits per heavy atom. The highest BCUT2D eigenvalue weighted by Crippen LogP contribution is 2.12. The number of hydrogen-bond acceptors (Lipinski definition) is 7. The van der Waals surface area contributed by atoms with Gasteiger partial charge in [0, 0.05) is 5.41 Å². The maximum Gasteiger partial charge on any atom is 0.358 e. The second-order valence-corrected chi connectivity index (χ2v) is 5.62. The lowest BCUT2D eigenvalue weighted by molar-refractivity contribution is 0.0593. The van der Waals surface area contributed by atoms with Crippen molar-refractivity contribution in [3.63, 3.8) is 0 Å². The minimum atomic E-state index is -3.11. The molecule has 0 saturated heterocycles. The van der Waals surface area contributed by atoms with Gasteiger partial charge >= 0.3 is 5.97 Å². The molecule has 1 aromatic heterocycles. The Labute approximate surface area is 104 Å². The number of methoxy groups -OCH3 is 1. The zero-order valence-corrected chi connectivity index (χ0v) is 10.3. The first-order valence-electron chi connectivity index (χ1n) is 5.08. The van der Waals surface area contributed by atoms with E-state index in [4.69, 9.17) is 0 Å². The summed E-state index contributed by atoms with van der Waals surface area (Å²) in [5.74, 6) is -0.181. The molecule has 7 nitrogen and oxygen atoms in total. The molecule has 0 bridgehead atoms. The molecule has 0 spiro atoms. The number of aromatic nitrogens is 2. The Balaban J connectivity index is 2.04. The van der Waals surface area contributed by atoms with Crippen molar-refractivity contribution in [2.45, 2.75) is 6.04 Å². The number of rotatable bonds is 3. The van der Waals surface area contributed by atoms with Gasteiger partial charge in [0.25, 0.3) is 0 Å². The predicted octanol–water partition coefficient (Wildman–Crippen LogP) is -0.0142. The van der Waals surface area contributed by atoms with E-state index in [0.29, 0.717) is 5.82 Å². The molecule has 2 rings (SSSR count). The molecule has 1 aliphatic heterocycles. The predicted molar refractivity (Wildman–Crippen MR) is 63.7 cm³/mol. The SMILES string of the molecule is COC(=O)c1cnc(NC2C=CS(=O)(=O)C2)cn1. The number of hydrogen-bond donors (Lipinski definition) is 1. The second kappa shape index (κ2) is 4.73. The van der Waals surface area contributed by atoms with Gasteiger partial charge in [-0.3, -0.25) is 0 Å². The molecule has 0 amide bonds. The van der Waals surface area contributed by atoms with E-state index in [2.05, 4.69) is 20.0 Å². The van der Waals surface area contributed by atoms with Crippen LogP contribution >= 0.6 is 0 Å². The summed E-state index contributed by atoms with van der Waals surface area (Å²) < 4.78 is 26.9. The summed E-state index contributed by atoms with van der Waals surface area (Å²) >= 11 is 0. The fourth-order valence-corrected chi connectivity index (χ4v) is 2.70. The lowest BCUT2D eigenvalue weighted by atomic mass is 10.3. The van der Waals surface area contributed by atoms with Crippen molar-refractivity contribution < 1.29 is 17.9 Å². The van der Waals surface area contributed by atoms with Crippen LogP contribution in [0.3, 0.4) is 0 Å². The zero-order chi connectivity index (χ0) is 13.2. The number of anilines is 1. The molecule has 18 heavy (non-hydrogen) atoms. The number of carbonyl (C=O) groups excluding carboxylic acids is 1. The summed E-state index contributed by atoms with van der Waals surface area (Å²) in [4.78, 5) is 18.9. The van der Waals surface area contributed by atoms with Gasteiger partial charge in [0.1, 0.15) is 5.82 Å². The van der Waals surface area contributed by atoms with Crippen LogP contribution in [0.1, 0.15) is 10.5 Å². The third-order valence-electron chi connectivity index (χ3n) is 2.31. The quantitative estimate of drug-likeness (QED) is 0.770. The molecule has 0 aromatic carbocycles. The van der Waals surface area contributed by atoms with Gasteiger partial charge in [0.15, 0.2) is 15.5 Å². The topological polar surface area (TPSA) is 98.2 Å². The lowest BCUT2D eigenvalue weighted by Gasteiger charge is -2.09. The number of sulfone groups is 1. The number of nitrogens with one attached hydrogen (secondary N) is 1.